The monoisotopic (exact) mass is 605 g/mol. The normalized spacial score (nSPS) is 10.9. The fraction of sp³-hybridized carbons (Fsp3) is 0.250. The Labute approximate surface area is 243 Å². The molecule has 0 aliphatic carbocycles. The molecule has 208 valence electrons. The number of methoxy groups -OCH3 is 1. The Bertz CT molecular complexity index is 1390. The van der Waals surface area contributed by atoms with Gasteiger partial charge in [-0.25, -0.2) is 4.39 Å². The van der Waals surface area contributed by atoms with Gasteiger partial charge in [-0.05, 0) is 60.0 Å². The molecular formula is C32H33BrFN3O3. The number of carbonyl (C=O) groups is 2. The van der Waals surface area contributed by atoms with Gasteiger partial charge in [0.15, 0.2) is 0 Å². The van der Waals surface area contributed by atoms with Gasteiger partial charge in [0.25, 0.3) is 5.91 Å². The number of rotatable bonds is 13. The zero-order valence-corrected chi connectivity index (χ0v) is 24.1. The summed E-state index contributed by atoms with van der Waals surface area (Å²) in [5, 5.41) is 0. The first-order chi connectivity index (χ1) is 19.4. The van der Waals surface area contributed by atoms with Crippen molar-refractivity contribution >= 4 is 27.7 Å². The van der Waals surface area contributed by atoms with Crippen LogP contribution < -0.4 is 0 Å². The summed E-state index contributed by atoms with van der Waals surface area (Å²) in [7, 11) is 1.62. The van der Waals surface area contributed by atoms with Crippen molar-refractivity contribution in [2.24, 2.45) is 0 Å². The number of halogens is 2. The average molecular weight is 607 g/mol. The van der Waals surface area contributed by atoms with Gasteiger partial charge in [-0.3, -0.25) is 9.59 Å². The third kappa shape index (κ3) is 8.37. The van der Waals surface area contributed by atoms with Crippen molar-refractivity contribution < 1.29 is 18.7 Å². The van der Waals surface area contributed by atoms with Crippen molar-refractivity contribution in [3.63, 3.8) is 0 Å². The molecule has 0 unspecified atom stereocenters. The molecule has 4 rings (SSSR count). The minimum absolute atomic E-state index is 0.0550. The van der Waals surface area contributed by atoms with E-state index in [1.54, 1.807) is 41.2 Å². The lowest BCUT2D eigenvalue weighted by atomic mass is 10.1. The molecule has 0 atom stereocenters. The molecular weight excluding hydrogens is 573 g/mol. The smallest absolute Gasteiger partial charge is 0.254 e. The number of aromatic nitrogens is 1. The number of benzene rings is 3. The van der Waals surface area contributed by atoms with E-state index in [1.807, 2.05) is 60.8 Å². The van der Waals surface area contributed by atoms with E-state index in [1.165, 1.54) is 12.1 Å². The summed E-state index contributed by atoms with van der Waals surface area (Å²) in [4.78, 5) is 30.7. The van der Waals surface area contributed by atoms with Gasteiger partial charge in [0.1, 0.15) is 12.4 Å². The maximum absolute atomic E-state index is 13.9. The molecule has 2 amide bonds. The van der Waals surface area contributed by atoms with Crippen molar-refractivity contribution in [3.8, 4) is 0 Å². The number of nitrogens with zero attached hydrogens (tertiary/aromatic N) is 3. The van der Waals surface area contributed by atoms with Gasteiger partial charge in [-0.2, -0.15) is 0 Å². The second-order valence-corrected chi connectivity index (χ2v) is 10.5. The summed E-state index contributed by atoms with van der Waals surface area (Å²) in [6, 6.07) is 27.3. The van der Waals surface area contributed by atoms with Gasteiger partial charge in [0, 0.05) is 55.3 Å². The SMILES string of the molecule is COCCCN(CC(=O)N(Cc1ccccc1)Cc1cccn1Cc1ccc(F)cc1)C(=O)c1cccc(Br)c1. The lowest BCUT2D eigenvalue weighted by Crippen LogP contribution is -2.43. The van der Waals surface area contributed by atoms with Gasteiger partial charge in [-0.15, -0.1) is 0 Å². The highest BCUT2D eigenvalue weighted by atomic mass is 79.9. The zero-order chi connectivity index (χ0) is 28.3. The summed E-state index contributed by atoms with van der Waals surface area (Å²) < 4.78 is 21.5. The van der Waals surface area contributed by atoms with Crippen LogP contribution in [0.1, 0.15) is 33.6 Å². The van der Waals surface area contributed by atoms with E-state index in [0.717, 1.165) is 21.3 Å². The van der Waals surface area contributed by atoms with Gasteiger partial charge in [0.2, 0.25) is 5.91 Å². The Balaban J connectivity index is 1.56. The van der Waals surface area contributed by atoms with Crippen molar-refractivity contribution in [2.75, 3.05) is 26.8 Å². The molecule has 8 heteroatoms. The van der Waals surface area contributed by atoms with Gasteiger partial charge >= 0.3 is 0 Å². The Morgan fingerprint density at radius 3 is 2.38 bits per heavy atom. The van der Waals surface area contributed by atoms with E-state index in [-0.39, 0.29) is 24.2 Å². The van der Waals surface area contributed by atoms with Crippen LogP contribution in [0.4, 0.5) is 4.39 Å². The van der Waals surface area contributed by atoms with Crippen LogP contribution in [0.2, 0.25) is 0 Å². The van der Waals surface area contributed by atoms with E-state index >= 15 is 0 Å². The molecule has 0 saturated heterocycles. The third-order valence-electron chi connectivity index (χ3n) is 6.57. The molecule has 0 bridgehead atoms. The second kappa shape index (κ2) is 14.6. The quantitative estimate of drug-likeness (QED) is 0.172. The second-order valence-electron chi connectivity index (χ2n) is 9.57. The van der Waals surface area contributed by atoms with Gasteiger partial charge in [0.05, 0.1) is 6.54 Å². The standard InChI is InChI=1S/C32H33BrFN3O3/c1-40-19-7-18-36(32(39)27-10-5-11-28(33)20-27)24-31(38)37(22-25-8-3-2-4-9-25)23-30-12-6-17-35(30)21-26-13-15-29(34)16-14-26/h2-6,8-17,20H,7,18-19,21-24H2,1H3. The van der Waals surface area contributed by atoms with Crippen LogP contribution in [0.15, 0.2) is 102 Å². The summed E-state index contributed by atoms with van der Waals surface area (Å²) >= 11 is 3.43. The van der Waals surface area contributed by atoms with Crippen molar-refractivity contribution in [1.82, 2.24) is 14.4 Å². The van der Waals surface area contributed by atoms with E-state index in [4.69, 9.17) is 4.74 Å². The maximum atomic E-state index is 13.9. The van der Waals surface area contributed by atoms with Crippen molar-refractivity contribution in [2.45, 2.75) is 26.1 Å². The predicted octanol–water partition coefficient (Wildman–Crippen LogP) is 6.15. The molecule has 0 fully saturated rings. The Morgan fingerprint density at radius 2 is 1.65 bits per heavy atom. The fourth-order valence-corrected chi connectivity index (χ4v) is 4.88. The Hall–Kier alpha value is -3.75. The maximum Gasteiger partial charge on any atom is 0.254 e. The fourth-order valence-electron chi connectivity index (χ4n) is 4.48. The van der Waals surface area contributed by atoms with Crippen LogP contribution in [0.25, 0.3) is 0 Å². The minimum atomic E-state index is -0.274. The minimum Gasteiger partial charge on any atom is -0.385 e. The van der Waals surface area contributed by atoms with Crippen LogP contribution in [0, 0.1) is 5.82 Å². The highest BCUT2D eigenvalue weighted by Crippen LogP contribution is 2.17. The van der Waals surface area contributed by atoms with Gasteiger partial charge < -0.3 is 19.1 Å². The highest BCUT2D eigenvalue weighted by molar-refractivity contribution is 9.10. The van der Waals surface area contributed by atoms with Crippen LogP contribution in [-0.2, 0) is 29.2 Å². The number of hydrogen-bond donors (Lipinski definition) is 0. The van der Waals surface area contributed by atoms with E-state index in [9.17, 15) is 14.0 Å². The van der Waals surface area contributed by atoms with Crippen molar-refractivity contribution in [3.05, 3.63) is 130 Å². The Morgan fingerprint density at radius 1 is 0.875 bits per heavy atom. The van der Waals surface area contributed by atoms with E-state index in [0.29, 0.717) is 44.8 Å². The topological polar surface area (TPSA) is 54.8 Å². The molecule has 0 N–H and O–H groups in total. The van der Waals surface area contributed by atoms with Crippen LogP contribution >= 0.6 is 15.9 Å². The molecule has 1 aromatic heterocycles. The molecule has 0 spiro atoms. The number of hydrogen-bond acceptors (Lipinski definition) is 3. The number of carbonyl (C=O) groups excluding carboxylic acids is 2. The Kier molecular flexibility index (Phi) is 10.7. The van der Waals surface area contributed by atoms with Crippen LogP contribution in [0.5, 0.6) is 0 Å². The van der Waals surface area contributed by atoms with E-state index in [2.05, 4.69) is 20.5 Å². The lowest BCUT2D eigenvalue weighted by molar-refractivity contribution is -0.133. The first-order valence-corrected chi connectivity index (χ1v) is 14.0. The summed E-state index contributed by atoms with van der Waals surface area (Å²) in [5.74, 6) is -0.632. The first kappa shape index (κ1) is 29.2. The summed E-state index contributed by atoms with van der Waals surface area (Å²) in [5.41, 5.74) is 3.42. The molecule has 6 nitrogen and oxygen atoms in total. The summed E-state index contributed by atoms with van der Waals surface area (Å²) in [6.45, 7) is 2.14. The molecule has 1 heterocycles. The summed E-state index contributed by atoms with van der Waals surface area (Å²) in [6.07, 6.45) is 2.57. The lowest BCUT2D eigenvalue weighted by Gasteiger charge is -2.28. The molecule has 0 saturated carbocycles. The zero-order valence-electron chi connectivity index (χ0n) is 22.5. The van der Waals surface area contributed by atoms with Crippen LogP contribution in [0.3, 0.4) is 0 Å². The third-order valence-corrected chi connectivity index (χ3v) is 7.07. The van der Waals surface area contributed by atoms with Crippen LogP contribution in [-0.4, -0.2) is 53.0 Å². The molecule has 3 aromatic carbocycles. The first-order valence-electron chi connectivity index (χ1n) is 13.2. The van der Waals surface area contributed by atoms with E-state index < -0.39 is 0 Å². The molecule has 40 heavy (non-hydrogen) atoms. The highest BCUT2D eigenvalue weighted by Gasteiger charge is 2.23. The van der Waals surface area contributed by atoms with Crippen molar-refractivity contribution in [1.29, 1.82) is 0 Å². The molecule has 0 radical (unpaired) electrons. The molecule has 0 aliphatic heterocycles. The number of ether oxygens (including phenoxy) is 1. The average Bonchev–Trinajstić information content (AvgIpc) is 3.39. The number of amides is 2. The predicted molar refractivity (Wildman–Crippen MR) is 157 cm³/mol. The molecule has 4 aromatic rings. The van der Waals surface area contributed by atoms with Gasteiger partial charge in [-0.1, -0.05) is 64.5 Å². The molecule has 0 aliphatic rings. The largest absolute Gasteiger partial charge is 0.385 e.